The Morgan fingerprint density at radius 1 is 1.42 bits per heavy atom. The molecule has 0 saturated carbocycles. The molecule has 1 fully saturated rings. The van der Waals surface area contributed by atoms with Gasteiger partial charge in [0.25, 0.3) is 0 Å². The van der Waals surface area contributed by atoms with Crippen LogP contribution in [0, 0.1) is 5.92 Å². The van der Waals surface area contributed by atoms with Crippen LogP contribution in [0.4, 0.5) is 0 Å². The van der Waals surface area contributed by atoms with E-state index in [0.717, 1.165) is 6.42 Å². The van der Waals surface area contributed by atoms with Gasteiger partial charge >= 0.3 is 5.97 Å². The molecule has 0 aromatic heterocycles. The SMILES string of the molecule is C[C@H]1CCC(=O)O[C@@H]1[C@H](I)COCc1ccccc1. The Labute approximate surface area is 127 Å². The first-order valence-electron chi connectivity index (χ1n) is 6.62. The van der Waals surface area contributed by atoms with Crippen LogP contribution in [0.15, 0.2) is 30.3 Å². The number of rotatable bonds is 5. The predicted molar refractivity (Wildman–Crippen MR) is 82.2 cm³/mol. The highest BCUT2D eigenvalue weighted by atomic mass is 127. The van der Waals surface area contributed by atoms with Gasteiger partial charge in [0.05, 0.1) is 17.1 Å². The Kier molecular flexibility index (Phi) is 5.63. The van der Waals surface area contributed by atoms with E-state index in [2.05, 4.69) is 29.5 Å². The van der Waals surface area contributed by atoms with Gasteiger partial charge in [-0.25, -0.2) is 0 Å². The number of hydrogen-bond donors (Lipinski definition) is 0. The van der Waals surface area contributed by atoms with Gasteiger partial charge in [-0.1, -0.05) is 59.8 Å². The quantitative estimate of drug-likeness (QED) is 0.451. The highest BCUT2D eigenvalue weighted by Crippen LogP contribution is 2.27. The predicted octanol–water partition coefficient (Wildman–Crippen LogP) is 3.35. The Hall–Kier alpha value is -0.620. The molecule has 4 heteroatoms. The van der Waals surface area contributed by atoms with Gasteiger partial charge in [-0.15, -0.1) is 0 Å². The second kappa shape index (κ2) is 7.24. The zero-order valence-corrected chi connectivity index (χ0v) is 13.2. The minimum absolute atomic E-state index is 0.0161. The second-order valence-corrected chi connectivity index (χ2v) is 6.59. The van der Waals surface area contributed by atoms with Gasteiger partial charge in [0, 0.05) is 6.42 Å². The van der Waals surface area contributed by atoms with Crippen LogP contribution in [0.1, 0.15) is 25.3 Å². The molecular weight excluding hydrogens is 355 g/mol. The van der Waals surface area contributed by atoms with E-state index in [0.29, 0.717) is 25.6 Å². The van der Waals surface area contributed by atoms with Gasteiger partial charge in [0.1, 0.15) is 6.10 Å². The molecule has 1 aromatic rings. The van der Waals surface area contributed by atoms with Gasteiger partial charge in [-0.05, 0) is 17.9 Å². The number of benzene rings is 1. The number of alkyl halides is 1. The van der Waals surface area contributed by atoms with E-state index in [4.69, 9.17) is 9.47 Å². The lowest BCUT2D eigenvalue weighted by Crippen LogP contribution is -2.39. The molecule has 0 bridgehead atoms. The van der Waals surface area contributed by atoms with Gasteiger partial charge in [0.15, 0.2) is 0 Å². The van der Waals surface area contributed by atoms with E-state index in [1.165, 1.54) is 5.56 Å². The van der Waals surface area contributed by atoms with Crippen molar-refractivity contribution in [3.8, 4) is 0 Å². The average Bonchev–Trinajstić information content (AvgIpc) is 2.42. The van der Waals surface area contributed by atoms with Gasteiger partial charge in [0.2, 0.25) is 0 Å². The van der Waals surface area contributed by atoms with Crippen LogP contribution in [-0.4, -0.2) is 22.6 Å². The molecule has 3 nitrogen and oxygen atoms in total. The van der Waals surface area contributed by atoms with E-state index < -0.39 is 0 Å². The lowest BCUT2D eigenvalue weighted by molar-refractivity contribution is -0.158. The van der Waals surface area contributed by atoms with Crippen molar-refractivity contribution in [2.75, 3.05) is 6.61 Å². The Bertz CT molecular complexity index is 407. The summed E-state index contributed by atoms with van der Waals surface area (Å²) in [5.41, 5.74) is 1.17. The van der Waals surface area contributed by atoms with Crippen LogP contribution in [0.5, 0.6) is 0 Å². The Morgan fingerprint density at radius 2 is 2.16 bits per heavy atom. The minimum Gasteiger partial charge on any atom is -0.461 e. The number of hydrogen-bond acceptors (Lipinski definition) is 3. The van der Waals surface area contributed by atoms with Crippen LogP contribution < -0.4 is 0 Å². The lowest BCUT2D eigenvalue weighted by atomic mass is 9.94. The molecule has 104 valence electrons. The monoisotopic (exact) mass is 374 g/mol. The number of carbonyl (C=O) groups excluding carboxylic acids is 1. The largest absolute Gasteiger partial charge is 0.461 e. The zero-order chi connectivity index (χ0) is 13.7. The fraction of sp³-hybridized carbons (Fsp3) is 0.533. The number of cyclic esters (lactones) is 1. The maximum absolute atomic E-state index is 11.4. The normalized spacial score (nSPS) is 24.8. The van der Waals surface area contributed by atoms with Crippen molar-refractivity contribution in [2.45, 2.75) is 36.4 Å². The third kappa shape index (κ3) is 4.45. The maximum Gasteiger partial charge on any atom is 0.306 e. The van der Waals surface area contributed by atoms with Crippen LogP contribution in [0.25, 0.3) is 0 Å². The molecule has 19 heavy (non-hydrogen) atoms. The molecule has 0 aliphatic carbocycles. The van der Waals surface area contributed by atoms with Gasteiger partial charge in [-0.3, -0.25) is 4.79 Å². The van der Waals surface area contributed by atoms with Gasteiger partial charge < -0.3 is 9.47 Å². The fourth-order valence-electron chi connectivity index (χ4n) is 2.23. The summed E-state index contributed by atoms with van der Waals surface area (Å²) in [7, 11) is 0. The standard InChI is InChI=1S/C15H19IO3/c1-11-7-8-14(17)19-15(11)13(16)10-18-9-12-5-3-2-4-6-12/h2-6,11,13,15H,7-10H2,1H3/t11-,13+,15-/m0/s1. The highest BCUT2D eigenvalue weighted by molar-refractivity contribution is 14.1. The molecule has 0 spiro atoms. The molecule has 0 N–H and O–H groups in total. The van der Waals surface area contributed by atoms with Crippen molar-refractivity contribution in [1.82, 2.24) is 0 Å². The lowest BCUT2D eigenvalue weighted by Gasteiger charge is -2.31. The van der Waals surface area contributed by atoms with Crippen molar-refractivity contribution >= 4 is 28.6 Å². The van der Waals surface area contributed by atoms with Crippen LogP contribution >= 0.6 is 22.6 Å². The van der Waals surface area contributed by atoms with E-state index in [1.807, 2.05) is 30.3 Å². The number of esters is 1. The fourth-order valence-corrected chi connectivity index (χ4v) is 3.34. The summed E-state index contributed by atoms with van der Waals surface area (Å²) < 4.78 is 11.4. The molecule has 1 aromatic carbocycles. The summed E-state index contributed by atoms with van der Waals surface area (Å²) in [5, 5.41) is 0. The van der Waals surface area contributed by atoms with Crippen LogP contribution in [0.2, 0.25) is 0 Å². The Morgan fingerprint density at radius 3 is 2.89 bits per heavy atom. The van der Waals surface area contributed by atoms with Gasteiger partial charge in [-0.2, -0.15) is 0 Å². The minimum atomic E-state index is -0.0761. The molecule has 0 amide bonds. The molecule has 2 rings (SSSR count). The maximum atomic E-state index is 11.4. The first-order valence-corrected chi connectivity index (χ1v) is 7.86. The molecule has 0 unspecified atom stereocenters. The summed E-state index contributed by atoms with van der Waals surface area (Å²) in [6, 6.07) is 10.1. The molecule has 1 aliphatic rings. The molecule has 1 aliphatic heterocycles. The van der Waals surface area contributed by atoms with Crippen molar-refractivity contribution in [1.29, 1.82) is 0 Å². The van der Waals surface area contributed by atoms with E-state index >= 15 is 0 Å². The van der Waals surface area contributed by atoms with Crippen LogP contribution in [-0.2, 0) is 20.9 Å². The molecule has 1 heterocycles. The summed E-state index contributed by atoms with van der Waals surface area (Å²) >= 11 is 2.33. The van der Waals surface area contributed by atoms with Crippen molar-refractivity contribution < 1.29 is 14.3 Å². The van der Waals surface area contributed by atoms with Crippen molar-refractivity contribution in [3.63, 3.8) is 0 Å². The van der Waals surface area contributed by atoms with E-state index in [9.17, 15) is 4.79 Å². The topological polar surface area (TPSA) is 35.5 Å². The first kappa shape index (κ1) is 14.8. The molecular formula is C15H19IO3. The third-order valence-corrected chi connectivity index (χ3v) is 4.45. The summed E-state index contributed by atoms with van der Waals surface area (Å²) in [5.74, 6) is 0.341. The van der Waals surface area contributed by atoms with Crippen LogP contribution in [0.3, 0.4) is 0 Å². The highest BCUT2D eigenvalue weighted by Gasteiger charge is 2.32. The van der Waals surface area contributed by atoms with E-state index in [-0.39, 0.29) is 16.0 Å². The van der Waals surface area contributed by atoms with Crippen molar-refractivity contribution in [2.24, 2.45) is 5.92 Å². The first-order chi connectivity index (χ1) is 9.16. The second-order valence-electron chi connectivity index (χ2n) is 4.99. The smallest absolute Gasteiger partial charge is 0.306 e. The average molecular weight is 374 g/mol. The third-order valence-electron chi connectivity index (χ3n) is 3.38. The number of ether oxygens (including phenoxy) is 2. The molecule has 0 radical (unpaired) electrons. The zero-order valence-electron chi connectivity index (χ0n) is 11.0. The van der Waals surface area contributed by atoms with Crippen molar-refractivity contribution in [3.05, 3.63) is 35.9 Å². The summed E-state index contributed by atoms with van der Waals surface area (Å²) in [6.45, 7) is 3.35. The number of halogens is 1. The summed E-state index contributed by atoms with van der Waals surface area (Å²) in [4.78, 5) is 11.4. The molecule has 1 saturated heterocycles. The molecule has 3 atom stereocenters. The Balaban J connectivity index is 1.77. The van der Waals surface area contributed by atoms with E-state index in [1.54, 1.807) is 0 Å². The summed E-state index contributed by atoms with van der Waals surface area (Å²) in [6.07, 6.45) is 1.45. The number of carbonyl (C=O) groups is 1.